The van der Waals surface area contributed by atoms with Gasteiger partial charge in [0.2, 0.25) is 0 Å². The van der Waals surface area contributed by atoms with Crippen molar-refractivity contribution in [3.05, 3.63) is 24.0 Å². The van der Waals surface area contributed by atoms with Crippen molar-refractivity contribution >= 4 is 11.0 Å². The molecule has 2 aromatic rings. The second-order valence-corrected chi connectivity index (χ2v) is 4.51. The lowest BCUT2D eigenvalue weighted by molar-refractivity contribution is 0.267. The van der Waals surface area contributed by atoms with Crippen LogP contribution in [0.5, 0.6) is 0 Å². The van der Waals surface area contributed by atoms with Crippen LogP contribution in [0, 0.1) is 12.8 Å². The average Bonchev–Trinajstić information content (AvgIpc) is 2.53. The minimum atomic E-state index is 0.848. The van der Waals surface area contributed by atoms with Gasteiger partial charge in [0, 0.05) is 12.2 Å². The standard InChI is InChI=1S/C12H15N3/c1-9-5-6-11-12(13-9)8-15(14-11)7-10-3-2-4-10/h5-6,8,10H,2-4,7H2,1H3. The molecule has 0 unspecified atom stereocenters. The number of aromatic nitrogens is 3. The molecule has 0 N–H and O–H groups in total. The molecule has 15 heavy (non-hydrogen) atoms. The largest absolute Gasteiger partial charge is 0.270 e. The Hall–Kier alpha value is -1.38. The Kier molecular flexibility index (Phi) is 1.97. The van der Waals surface area contributed by atoms with E-state index in [0.717, 1.165) is 29.2 Å². The lowest BCUT2D eigenvalue weighted by Crippen LogP contribution is -2.18. The fourth-order valence-electron chi connectivity index (χ4n) is 2.09. The number of nitrogens with zero attached hydrogens (tertiary/aromatic N) is 3. The van der Waals surface area contributed by atoms with Gasteiger partial charge in [0.1, 0.15) is 11.0 Å². The second kappa shape index (κ2) is 3.33. The van der Waals surface area contributed by atoms with Crippen molar-refractivity contribution in [2.24, 2.45) is 5.92 Å². The summed E-state index contributed by atoms with van der Waals surface area (Å²) in [7, 11) is 0. The zero-order valence-electron chi connectivity index (χ0n) is 8.98. The van der Waals surface area contributed by atoms with E-state index < -0.39 is 0 Å². The third-order valence-corrected chi connectivity index (χ3v) is 3.22. The number of hydrogen-bond acceptors (Lipinski definition) is 2. The van der Waals surface area contributed by atoms with Crippen molar-refractivity contribution in [3.63, 3.8) is 0 Å². The van der Waals surface area contributed by atoms with E-state index in [4.69, 9.17) is 0 Å². The summed E-state index contributed by atoms with van der Waals surface area (Å²) in [6, 6.07) is 4.07. The van der Waals surface area contributed by atoms with E-state index in [1.807, 2.05) is 13.0 Å². The summed E-state index contributed by atoms with van der Waals surface area (Å²) >= 11 is 0. The first kappa shape index (κ1) is 8.89. The van der Waals surface area contributed by atoms with E-state index in [0.29, 0.717) is 0 Å². The molecule has 1 fully saturated rings. The van der Waals surface area contributed by atoms with Crippen LogP contribution in [0.4, 0.5) is 0 Å². The summed E-state index contributed by atoms with van der Waals surface area (Å²) in [5.74, 6) is 0.848. The Morgan fingerprint density at radius 2 is 2.20 bits per heavy atom. The van der Waals surface area contributed by atoms with Crippen molar-refractivity contribution < 1.29 is 0 Å². The zero-order valence-corrected chi connectivity index (χ0v) is 8.98. The van der Waals surface area contributed by atoms with Crippen LogP contribution >= 0.6 is 0 Å². The van der Waals surface area contributed by atoms with Gasteiger partial charge in [0.25, 0.3) is 0 Å². The summed E-state index contributed by atoms with van der Waals surface area (Å²) in [5, 5.41) is 4.53. The van der Waals surface area contributed by atoms with Gasteiger partial charge >= 0.3 is 0 Å². The first-order valence-electron chi connectivity index (χ1n) is 5.62. The maximum absolute atomic E-state index is 4.53. The van der Waals surface area contributed by atoms with Crippen LogP contribution in [0.3, 0.4) is 0 Å². The molecule has 2 aromatic heterocycles. The summed E-state index contributed by atoms with van der Waals surface area (Å²) in [5.41, 5.74) is 3.10. The molecule has 1 aliphatic rings. The molecule has 0 bridgehead atoms. The van der Waals surface area contributed by atoms with Crippen molar-refractivity contribution in [1.82, 2.24) is 14.8 Å². The second-order valence-electron chi connectivity index (χ2n) is 4.51. The van der Waals surface area contributed by atoms with E-state index in [-0.39, 0.29) is 0 Å². The Morgan fingerprint density at radius 3 is 2.93 bits per heavy atom. The van der Waals surface area contributed by atoms with Crippen molar-refractivity contribution in [3.8, 4) is 0 Å². The maximum atomic E-state index is 4.53. The van der Waals surface area contributed by atoms with Gasteiger partial charge in [-0.05, 0) is 37.8 Å². The van der Waals surface area contributed by atoms with Crippen LogP contribution < -0.4 is 0 Å². The fraction of sp³-hybridized carbons (Fsp3) is 0.500. The molecular formula is C12H15N3. The van der Waals surface area contributed by atoms with Crippen LogP contribution in [0.25, 0.3) is 11.0 Å². The van der Waals surface area contributed by atoms with E-state index >= 15 is 0 Å². The summed E-state index contributed by atoms with van der Waals surface area (Å²) in [6.07, 6.45) is 6.19. The third kappa shape index (κ3) is 1.62. The zero-order chi connectivity index (χ0) is 10.3. The summed E-state index contributed by atoms with van der Waals surface area (Å²) in [4.78, 5) is 4.46. The van der Waals surface area contributed by atoms with Gasteiger partial charge in [-0.3, -0.25) is 4.68 Å². The quantitative estimate of drug-likeness (QED) is 0.747. The molecule has 0 saturated heterocycles. The molecule has 3 heteroatoms. The molecule has 2 heterocycles. The molecule has 3 rings (SSSR count). The molecule has 0 atom stereocenters. The van der Waals surface area contributed by atoms with Crippen LogP contribution in [0.1, 0.15) is 25.0 Å². The van der Waals surface area contributed by atoms with Gasteiger partial charge in [-0.25, -0.2) is 4.98 Å². The summed E-state index contributed by atoms with van der Waals surface area (Å²) < 4.78 is 2.06. The van der Waals surface area contributed by atoms with E-state index in [9.17, 15) is 0 Å². The highest BCUT2D eigenvalue weighted by molar-refractivity contribution is 5.73. The molecule has 1 aliphatic carbocycles. The maximum Gasteiger partial charge on any atom is 0.111 e. The summed E-state index contributed by atoms with van der Waals surface area (Å²) in [6.45, 7) is 3.08. The SMILES string of the molecule is Cc1ccc2nn(CC3CCC3)cc2n1. The van der Waals surface area contributed by atoms with Gasteiger partial charge in [-0.15, -0.1) is 0 Å². The molecule has 0 amide bonds. The molecule has 1 saturated carbocycles. The van der Waals surface area contributed by atoms with Crippen molar-refractivity contribution in [1.29, 1.82) is 0 Å². The van der Waals surface area contributed by atoms with Gasteiger partial charge in [-0.1, -0.05) is 6.42 Å². The van der Waals surface area contributed by atoms with Gasteiger partial charge in [0.05, 0.1) is 6.20 Å². The molecule has 0 spiro atoms. The number of rotatable bonds is 2. The van der Waals surface area contributed by atoms with Crippen molar-refractivity contribution in [2.75, 3.05) is 0 Å². The molecule has 0 aliphatic heterocycles. The highest BCUT2D eigenvalue weighted by Gasteiger charge is 2.18. The van der Waals surface area contributed by atoms with Gasteiger partial charge in [0.15, 0.2) is 0 Å². The first-order chi connectivity index (χ1) is 7.31. The van der Waals surface area contributed by atoms with Crippen molar-refractivity contribution in [2.45, 2.75) is 32.7 Å². The predicted octanol–water partition coefficient (Wildman–Crippen LogP) is 2.54. The lowest BCUT2D eigenvalue weighted by atomic mass is 9.85. The smallest absolute Gasteiger partial charge is 0.111 e. The monoisotopic (exact) mass is 201 g/mol. The topological polar surface area (TPSA) is 30.7 Å². The number of aryl methyl sites for hydroxylation is 1. The van der Waals surface area contributed by atoms with Crippen LogP contribution in [-0.2, 0) is 6.54 Å². The first-order valence-corrected chi connectivity index (χ1v) is 5.62. The third-order valence-electron chi connectivity index (χ3n) is 3.22. The van der Waals surface area contributed by atoms with Crippen LogP contribution in [0.15, 0.2) is 18.3 Å². The van der Waals surface area contributed by atoms with E-state index in [1.165, 1.54) is 19.3 Å². The molecule has 0 radical (unpaired) electrons. The lowest BCUT2D eigenvalue weighted by Gasteiger charge is -2.24. The van der Waals surface area contributed by atoms with Gasteiger partial charge < -0.3 is 0 Å². The highest BCUT2D eigenvalue weighted by Crippen LogP contribution is 2.27. The average molecular weight is 201 g/mol. The minimum absolute atomic E-state index is 0.848. The van der Waals surface area contributed by atoms with Crippen LogP contribution in [-0.4, -0.2) is 14.8 Å². The Morgan fingerprint density at radius 1 is 1.33 bits per heavy atom. The number of pyridine rings is 1. The Balaban J connectivity index is 1.91. The highest BCUT2D eigenvalue weighted by atomic mass is 15.3. The molecule has 3 nitrogen and oxygen atoms in total. The molecule has 78 valence electrons. The normalized spacial score (nSPS) is 16.9. The Labute approximate surface area is 89.1 Å². The van der Waals surface area contributed by atoms with E-state index in [1.54, 1.807) is 0 Å². The number of hydrogen-bond donors (Lipinski definition) is 0. The van der Waals surface area contributed by atoms with Crippen LogP contribution in [0.2, 0.25) is 0 Å². The fourth-order valence-corrected chi connectivity index (χ4v) is 2.09. The predicted molar refractivity (Wildman–Crippen MR) is 59.6 cm³/mol. The van der Waals surface area contributed by atoms with Gasteiger partial charge in [-0.2, -0.15) is 5.10 Å². The molecular weight excluding hydrogens is 186 g/mol. The molecule has 0 aromatic carbocycles. The number of fused-ring (bicyclic) bond motifs is 1. The Bertz CT molecular complexity index is 483. The van der Waals surface area contributed by atoms with E-state index in [2.05, 4.69) is 27.0 Å². The minimum Gasteiger partial charge on any atom is -0.270 e.